The lowest BCUT2D eigenvalue weighted by atomic mass is 10.1. The number of piperazine rings is 1. The summed E-state index contributed by atoms with van der Waals surface area (Å²) in [4.78, 5) is 28.0. The van der Waals surface area contributed by atoms with Crippen molar-refractivity contribution in [2.75, 3.05) is 37.7 Å². The van der Waals surface area contributed by atoms with E-state index in [9.17, 15) is 18.0 Å². The van der Waals surface area contributed by atoms with Crippen LogP contribution in [0.1, 0.15) is 32.1 Å². The first-order chi connectivity index (χ1) is 19.3. The summed E-state index contributed by atoms with van der Waals surface area (Å²) in [5, 5.41) is 0. The lowest BCUT2D eigenvalue weighted by Crippen LogP contribution is -2.48. The molecule has 0 saturated carbocycles. The van der Waals surface area contributed by atoms with Crippen LogP contribution in [0.2, 0.25) is 0 Å². The zero-order chi connectivity index (χ0) is 28.3. The Bertz CT molecular complexity index is 1620. The number of hydrogen-bond donors (Lipinski definition) is 0. The molecule has 9 heteroatoms. The van der Waals surface area contributed by atoms with E-state index in [1.807, 2.05) is 79.1 Å². The van der Waals surface area contributed by atoms with E-state index in [4.69, 9.17) is 4.74 Å². The SMILES string of the molecule is Cc1cc(C(=O)COC(=O)c2cccc(S(=O)(=O)N3CCN(c4ccccc4)CC3)c2)c(C)n1-c1ccccc1. The van der Waals surface area contributed by atoms with Gasteiger partial charge in [-0.2, -0.15) is 4.31 Å². The summed E-state index contributed by atoms with van der Waals surface area (Å²) in [6.45, 7) is 5.12. The minimum Gasteiger partial charge on any atom is -0.454 e. The lowest BCUT2D eigenvalue weighted by molar-refractivity contribution is 0.0474. The molecule has 0 spiro atoms. The molecular weight excluding hydrogens is 526 g/mol. The summed E-state index contributed by atoms with van der Waals surface area (Å²) < 4.78 is 35.4. The Balaban J connectivity index is 1.24. The number of aromatic nitrogens is 1. The molecule has 0 radical (unpaired) electrons. The molecule has 0 amide bonds. The van der Waals surface area contributed by atoms with Crippen LogP contribution in [0.25, 0.3) is 5.69 Å². The van der Waals surface area contributed by atoms with Crippen molar-refractivity contribution in [3.63, 3.8) is 0 Å². The Kier molecular flexibility index (Phi) is 7.86. The van der Waals surface area contributed by atoms with Gasteiger partial charge in [0.25, 0.3) is 0 Å². The number of aryl methyl sites for hydroxylation is 1. The standard InChI is InChI=1S/C31H31N3O5S/c1-23-20-29(24(2)34(23)27-13-7-4-8-14-27)30(35)22-39-31(36)25-10-9-15-28(21-25)40(37,38)33-18-16-32(17-19-33)26-11-5-3-6-12-26/h3-15,20-21H,16-19,22H2,1-2H3. The van der Waals surface area contributed by atoms with Crippen molar-refractivity contribution in [3.05, 3.63) is 114 Å². The minimum absolute atomic E-state index is 0.0212. The molecule has 1 saturated heterocycles. The highest BCUT2D eigenvalue weighted by atomic mass is 32.2. The number of Topliss-reactive ketones (excluding diaryl/α,β-unsaturated/α-hetero) is 1. The Hall–Kier alpha value is -4.21. The second-order valence-corrected chi connectivity index (χ2v) is 11.6. The minimum atomic E-state index is -3.80. The quantitative estimate of drug-likeness (QED) is 0.232. The van der Waals surface area contributed by atoms with Crippen molar-refractivity contribution in [3.8, 4) is 5.69 Å². The summed E-state index contributed by atoms with van der Waals surface area (Å²) in [6, 6.07) is 27.1. The van der Waals surface area contributed by atoms with Crippen LogP contribution in [-0.2, 0) is 14.8 Å². The Morgan fingerprint density at radius 2 is 1.40 bits per heavy atom. The first-order valence-corrected chi connectivity index (χ1v) is 14.5. The van der Waals surface area contributed by atoms with Gasteiger partial charge in [-0.1, -0.05) is 42.5 Å². The van der Waals surface area contributed by atoms with Crippen molar-refractivity contribution in [2.45, 2.75) is 18.7 Å². The molecule has 0 N–H and O–H groups in total. The highest BCUT2D eigenvalue weighted by molar-refractivity contribution is 7.89. The van der Waals surface area contributed by atoms with Crippen LogP contribution in [0, 0.1) is 13.8 Å². The first kappa shape index (κ1) is 27.4. The molecule has 206 valence electrons. The van der Waals surface area contributed by atoms with Crippen LogP contribution in [0.4, 0.5) is 5.69 Å². The van der Waals surface area contributed by atoms with Gasteiger partial charge < -0.3 is 14.2 Å². The van der Waals surface area contributed by atoms with Gasteiger partial charge in [0.05, 0.1) is 10.5 Å². The van der Waals surface area contributed by atoms with Crippen LogP contribution >= 0.6 is 0 Å². The zero-order valence-corrected chi connectivity index (χ0v) is 23.3. The molecular formula is C31H31N3O5S. The third-order valence-electron chi connectivity index (χ3n) is 7.15. The van der Waals surface area contributed by atoms with Gasteiger partial charge >= 0.3 is 5.97 Å². The number of para-hydroxylation sites is 2. The number of anilines is 1. The van der Waals surface area contributed by atoms with Crippen molar-refractivity contribution in [1.82, 2.24) is 8.87 Å². The highest BCUT2D eigenvalue weighted by Gasteiger charge is 2.29. The number of esters is 1. The maximum absolute atomic E-state index is 13.3. The van der Waals surface area contributed by atoms with E-state index in [1.54, 1.807) is 6.07 Å². The van der Waals surface area contributed by atoms with Gasteiger partial charge in [0, 0.05) is 54.5 Å². The third kappa shape index (κ3) is 5.57. The van der Waals surface area contributed by atoms with Gasteiger partial charge in [0.2, 0.25) is 15.8 Å². The van der Waals surface area contributed by atoms with E-state index in [1.165, 1.54) is 28.6 Å². The number of carbonyl (C=O) groups excluding carboxylic acids is 2. The van der Waals surface area contributed by atoms with Crippen molar-refractivity contribution in [1.29, 1.82) is 0 Å². The predicted octanol–water partition coefficient (Wildman–Crippen LogP) is 4.64. The van der Waals surface area contributed by atoms with E-state index in [0.717, 1.165) is 22.8 Å². The van der Waals surface area contributed by atoms with Crippen LogP contribution in [-0.4, -0.2) is 61.8 Å². The van der Waals surface area contributed by atoms with Gasteiger partial charge in [-0.15, -0.1) is 0 Å². The molecule has 1 fully saturated rings. The summed E-state index contributed by atoms with van der Waals surface area (Å²) >= 11 is 0. The molecule has 0 atom stereocenters. The fourth-order valence-electron chi connectivity index (χ4n) is 5.07. The highest BCUT2D eigenvalue weighted by Crippen LogP contribution is 2.23. The molecule has 3 aromatic carbocycles. The van der Waals surface area contributed by atoms with Gasteiger partial charge in [0.1, 0.15) is 0 Å². The number of sulfonamides is 1. The predicted molar refractivity (Wildman–Crippen MR) is 154 cm³/mol. The molecule has 1 aromatic heterocycles. The number of hydrogen-bond acceptors (Lipinski definition) is 6. The Labute approximate surface area is 234 Å². The zero-order valence-electron chi connectivity index (χ0n) is 22.5. The normalized spacial score (nSPS) is 14.2. The van der Waals surface area contributed by atoms with E-state index >= 15 is 0 Å². The van der Waals surface area contributed by atoms with E-state index in [2.05, 4.69) is 4.90 Å². The van der Waals surface area contributed by atoms with Crippen molar-refractivity contribution < 1.29 is 22.7 Å². The van der Waals surface area contributed by atoms with Crippen molar-refractivity contribution >= 4 is 27.5 Å². The van der Waals surface area contributed by atoms with E-state index < -0.39 is 22.6 Å². The second kappa shape index (κ2) is 11.5. The summed E-state index contributed by atoms with van der Waals surface area (Å²) in [6.07, 6.45) is 0. The van der Waals surface area contributed by atoms with Gasteiger partial charge in [-0.3, -0.25) is 4.79 Å². The number of carbonyl (C=O) groups is 2. The smallest absolute Gasteiger partial charge is 0.338 e. The summed E-state index contributed by atoms with van der Waals surface area (Å²) in [5.41, 5.74) is 4.19. The van der Waals surface area contributed by atoms with E-state index in [-0.39, 0.29) is 16.2 Å². The van der Waals surface area contributed by atoms with Gasteiger partial charge in [-0.05, 0) is 62.4 Å². The fourth-order valence-corrected chi connectivity index (χ4v) is 6.54. The van der Waals surface area contributed by atoms with Gasteiger partial charge in [0.15, 0.2) is 6.61 Å². The van der Waals surface area contributed by atoms with Crippen LogP contribution < -0.4 is 4.90 Å². The molecule has 2 heterocycles. The topological polar surface area (TPSA) is 88.9 Å². The molecule has 40 heavy (non-hydrogen) atoms. The maximum Gasteiger partial charge on any atom is 0.338 e. The largest absolute Gasteiger partial charge is 0.454 e. The number of ether oxygens (including phenoxy) is 1. The summed E-state index contributed by atoms with van der Waals surface area (Å²) in [5.74, 6) is -1.08. The Morgan fingerprint density at radius 1 is 0.775 bits per heavy atom. The van der Waals surface area contributed by atoms with E-state index in [0.29, 0.717) is 31.7 Å². The maximum atomic E-state index is 13.3. The van der Waals surface area contributed by atoms with Crippen LogP contribution in [0.15, 0.2) is 95.9 Å². The average molecular weight is 558 g/mol. The number of ketones is 1. The molecule has 4 aromatic rings. The second-order valence-electron chi connectivity index (χ2n) is 9.71. The molecule has 5 rings (SSSR count). The van der Waals surface area contributed by atoms with Crippen LogP contribution in [0.5, 0.6) is 0 Å². The van der Waals surface area contributed by atoms with Crippen molar-refractivity contribution in [2.24, 2.45) is 0 Å². The molecule has 1 aliphatic heterocycles. The number of nitrogens with zero attached hydrogens (tertiary/aromatic N) is 3. The molecule has 0 aliphatic carbocycles. The summed E-state index contributed by atoms with van der Waals surface area (Å²) in [7, 11) is -3.80. The number of rotatable bonds is 8. The third-order valence-corrected chi connectivity index (χ3v) is 9.04. The molecule has 8 nitrogen and oxygen atoms in total. The number of benzene rings is 3. The molecule has 1 aliphatic rings. The first-order valence-electron chi connectivity index (χ1n) is 13.1. The molecule has 0 bridgehead atoms. The average Bonchev–Trinajstić information content (AvgIpc) is 3.30. The lowest BCUT2D eigenvalue weighted by Gasteiger charge is -2.35. The monoisotopic (exact) mass is 557 g/mol. The van der Waals surface area contributed by atoms with Gasteiger partial charge in [-0.25, -0.2) is 13.2 Å². The fraction of sp³-hybridized carbons (Fsp3) is 0.226. The molecule has 0 unspecified atom stereocenters. The Morgan fingerprint density at radius 3 is 2.05 bits per heavy atom. The van der Waals surface area contributed by atoms with Crippen LogP contribution in [0.3, 0.4) is 0 Å².